The molecule has 5 rings (SSSR count). The SMILES string of the molecule is CCC1=C(C)[C@@H]2Cc3cc(C)ccc3-c3ccc(c(C)c3)N(C)C2(O/C(=C\C(O)C(C)(C)C)C(C)(C)C)CC1. The summed E-state index contributed by atoms with van der Waals surface area (Å²) in [5.41, 5.74) is 9.60. The molecule has 2 aromatic carbocycles. The van der Waals surface area contributed by atoms with Gasteiger partial charge in [-0.05, 0) is 85.9 Å². The van der Waals surface area contributed by atoms with Crippen molar-refractivity contribution in [2.45, 2.75) is 107 Å². The summed E-state index contributed by atoms with van der Waals surface area (Å²) >= 11 is 0. The number of ether oxygens (including phenoxy) is 1. The number of hydrogen-bond acceptors (Lipinski definition) is 3. The standard InChI is InChI=1S/C36H51NO2/c1-12-26-17-18-36(39-33(35(8,9)10)22-32(38)34(5,6)7)30(25(26)4)21-28-19-23(2)13-15-29(28)27-14-16-31(37(36)11)24(3)20-27/h13-16,19-20,22,30,32,38H,12,17-18,21H2,1-11H3/b33-22-/t30-,32?,36?/m0/s1. The van der Waals surface area contributed by atoms with E-state index in [4.69, 9.17) is 4.74 Å². The highest BCUT2D eigenvalue weighted by Gasteiger charge is 2.50. The third kappa shape index (κ3) is 5.57. The van der Waals surface area contributed by atoms with Crippen LogP contribution in [0, 0.1) is 30.6 Å². The second-order valence-corrected chi connectivity index (χ2v) is 14.2. The molecule has 3 atom stereocenters. The number of allylic oxidation sites excluding steroid dienone is 2. The van der Waals surface area contributed by atoms with Crippen molar-refractivity contribution in [1.82, 2.24) is 0 Å². The fraction of sp³-hybridized carbons (Fsp3) is 0.556. The maximum atomic E-state index is 11.2. The van der Waals surface area contributed by atoms with Crippen LogP contribution < -0.4 is 4.90 Å². The molecule has 0 radical (unpaired) electrons. The molecule has 2 aromatic rings. The Balaban J connectivity index is 2.02. The number of anilines is 1. The maximum Gasteiger partial charge on any atom is 0.189 e. The van der Waals surface area contributed by atoms with E-state index in [0.29, 0.717) is 0 Å². The Hall–Kier alpha value is -2.52. The number of benzene rings is 2. The van der Waals surface area contributed by atoms with Crippen molar-refractivity contribution >= 4 is 5.69 Å². The fourth-order valence-electron chi connectivity index (χ4n) is 6.46. The van der Waals surface area contributed by atoms with Crippen molar-refractivity contribution in [2.75, 3.05) is 11.9 Å². The molecule has 0 saturated heterocycles. The maximum absolute atomic E-state index is 11.2. The summed E-state index contributed by atoms with van der Waals surface area (Å²) in [5, 5.41) is 11.2. The fourth-order valence-corrected chi connectivity index (χ4v) is 6.46. The topological polar surface area (TPSA) is 32.7 Å². The Morgan fingerprint density at radius 2 is 1.77 bits per heavy atom. The van der Waals surface area contributed by atoms with Gasteiger partial charge in [0, 0.05) is 30.5 Å². The van der Waals surface area contributed by atoms with Gasteiger partial charge in [-0.1, -0.05) is 89.4 Å². The molecule has 39 heavy (non-hydrogen) atoms. The van der Waals surface area contributed by atoms with E-state index in [1.807, 2.05) is 6.08 Å². The first-order valence-electron chi connectivity index (χ1n) is 14.8. The molecule has 2 bridgehead atoms. The Labute approximate surface area is 238 Å². The zero-order valence-corrected chi connectivity index (χ0v) is 26.3. The van der Waals surface area contributed by atoms with Gasteiger partial charge in [0.05, 0.1) is 6.10 Å². The van der Waals surface area contributed by atoms with E-state index in [-0.39, 0.29) is 16.7 Å². The number of aryl methyl sites for hydroxylation is 2. The van der Waals surface area contributed by atoms with Gasteiger partial charge in [0.1, 0.15) is 5.76 Å². The van der Waals surface area contributed by atoms with Crippen LogP contribution in [0.5, 0.6) is 0 Å². The number of fused-ring (bicyclic) bond motifs is 2. The molecule has 3 aliphatic rings. The molecule has 2 heterocycles. The largest absolute Gasteiger partial charge is 0.471 e. The van der Waals surface area contributed by atoms with Crippen LogP contribution in [-0.4, -0.2) is 24.0 Å². The van der Waals surface area contributed by atoms with E-state index in [2.05, 4.69) is 118 Å². The quantitative estimate of drug-likeness (QED) is 0.317. The Morgan fingerprint density at radius 1 is 1.08 bits per heavy atom. The second kappa shape index (κ2) is 10.5. The highest BCUT2D eigenvalue weighted by molar-refractivity contribution is 5.73. The molecule has 0 amide bonds. The predicted molar refractivity (Wildman–Crippen MR) is 166 cm³/mol. The Bertz CT molecular complexity index is 1290. The van der Waals surface area contributed by atoms with Crippen LogP contribution in [0.1, 0.15) is 91.3 Å². The van der Waals surface area contributed by atoms with Crippen molar-refractivity contribution in [3.05, 3.63) is 76.1 Å². The summed E-state index contributed by atoms with van der Waals surface area (Å²) in [6, 6.07) is 13.8. The average molecular weight is 530 g/mol. The monoisotopic (exact) mass is 529 g/mol. The first kappa shape index (κ1) is 29.5. The molecular formula is C36H51NO2. The van der Waals surface area contributed by atoms with Gasteiger partial charge >= 0.3 is 0 Å². The molecule has 3 heteroatoms. The summed E-state index contributed by atoms with van der Waals surface area (Å²) in [6.45, 7) is 21.9. The highest BCUT2D eigenvalue weighted by Crippen LogP contribution is 2.51. The molecule has 2 unspecified atom stereocenters. The summed E-state index contributed by atoms with van der Waals surface area (Å²) in [7, 11) is 2.22. The molecule has 0 spiro atoms. The van der Waals surface area contributed by atoms with Crippen LogP contribution in [0.4, 0.5) is 5.69 Å². The van der Waals surface area contributed by atoms with Crippen molar-refractivity contribution in [3.8, 4) is 11.1 Å². The van der Waals surface area contributed by atoms with Gasteiger partial charge in [0.2, 0.25) is 0 Å². The van der Waals surface area contributed by atoms with E-state index in [0.717, 1.165) is 31.4 Å². The smallest absolute Gasteiger partial charge is 0.189 e. The number of rotatable bonds is 4. The van der Waals surface area contributed by atoms with Gasteiger partial charge in [0.25, 0.3) is 0 Å². The predicted octanol–water partition coefficient (Wildman–Crippen LogP) is 9.15. The average Bonchev–Trinajstić information content (AvgIpc) is 2.84. The van der Waals surface area contributed by atoms with Crippen molar-refractivity contribution in [3.63, 3.8) is 0 Å². The molecule has 0 fully saturated rings. The molecule has 212 valence electrons. The number of hydrogen-bond donors (Lipinski definition) is 1. The normalized spacial score (nSPS) is 22.9. The van der Waals surface area contributed by atoms with Gasteiger partial charge in [-0.25, -0.2) is 0 Å². The number of aliphatic hydroxyl groups is 1. The van der Waals surface area contributed by atoms with Gasteiger partial charge in [-0.2, -0.15) is 0 Å². The molecule has 0 saturated carbocycles. The van der Waals surface area contributed by atoms with Crippen LogP contribution in [-0.2, 0) is 11.2 Å². The highest BCUT2D eigenvalue weighted by atomic mass is 16.5. The van der Waals surface area contributed by atoms with Gasteiger partial charge < -0.3 is 14.7 Å². The number of aliphatic hydroxyl groups excluding tert-OH is 1. The molecule has 1 N–H and O–H groups in total. The van der Waals surface area contributed by atoms with Gasteiger partial charge in [-0.15, -0.1) is 0 Å². The van der Waals surface area contributed by atoms with Crippen LogP contribution in [0.3, 0.4) is 0 Å². The second-order valence-electron chi connectivity index (χ2n) is 14.2. The van der Waals surface area contributed by atoms with Crippen molar-refractivity contribution in [1.29, 1.82) is 0 Å². The zero-order valence-electron chi connectivity index (χ0n) is 26.3. The summed E-state index contributed by atoms with van der Waals surface area (Å²) in [5.74, 6) is 1.03. The van der Waals surface area contributed by atoms with Crippen LogP contribution >= 0.6 is 0 Å². The van der Waals surface area contributed by atoms with E-state index < -0.39 is 11.8 Å². The number of nitrogens with zero attached hydrogens (tertiary/aromatic N) is 1. The first-order valence-corrected chi connectivity index (χ1v) is 14.8. The minimum Gasteiger partial charge on any atom is -0.471 e. The van der Waals surface area contributed by atoms with Crippen molar-refractivity contribution < 1.29 is 9.84 Å². The lowest BCUT2D eigenvalue weighted by molar-refractivity contribution is -0.0684. The molecule has 3 nitrogen and oxygen atoms in total. The van der Waals surface area contributed by atoms with E-state index >= 15 is 0 Å². The zero-order chi connectivity index (χ0) is 28.9. The Kier molecular flexibility index (Phi) is 7.91. The van der Waals surface area contributed by atoms with E-state index in [1.54, 1.807) is 5.57 Å². The molecule has 2 aliphatic heterocycles. The minimum atomic E-state index is -0.609. The van der Waals surface area contributed by atoms with E-state index in [9.17, 15) is 5.11 Å². The molecular weight excluding hydrogens is 478 g/mol. The third-order valence-electron chi connectivity index (χ3n) is 9.18. The third-order valence-corrected chi connectivity index (χ3v) is 9.18. The van der Waals surface area contributed by atoms with E-state index in [1.165, 1.54) is 39.1 Å². The van der Waals surface area contributed by atoms with Crippen LogP contribution in [0.15, 0.2) is 59.4 Å². The Morgan fingerprint density at radius 3 is 2.36 bits per heavy atom. The summed E-state index contributed by atoms with van der Waals surface area (Å²) in [6.07, 6.45) is 5.27. The first-order chi connectivity index (χ1) is 18.1. The molecule has 1 aliphatic carbocycles. The lowest BCUT2D eigenvalue weighted by Crippen LogP contribution is -2.58. The lowest BCUT2D eigenvalue weighted by atomic mass is 9.71. The summed E-state index contributed by atoms with van der Waals surface area (Å²) in [4.78, 5) is 2.43. The summed E-state index contributed by atoms with van der Waals surface area (Å²) < 4.78 is 7.47. The lowest BCUT2D eigenvalue weighted by Gasteiger charge is -2.53. The molecule has 0 aromatic heterocycles. The van der Waals surface area contributed by atoms with Crippen molar-refractivity contribution in [2.24, 2.45) is 16.7 Å². The minimum absolute atomic E-state index is 0.165. The van der Waals surface area contributed by atoms with Crippen LogP contribution in [0.25, 0.3) is 11.1 Å². The van der Waals surface area contributed by atoms with Gasteiger partial charge in [-0.3, -0.25) is 0 Å². The van der Waals surface area contributed by atoms with Gasteiger partial charge in [0.15, 0.2) is 5.72 Å². The van der Waals surface area contributed by atoms with Crippen LogP contribution in [0.2, 0.25) is 0 Å².